The summed E-state index contributed by atoms with van der Waals surface area (Å²) >= 11 is 0. The molecule has 43 heavy (non-hydrogen) atoms. The number of nitrogens with zero attached hydrogens (tertiary/aromatic N) is 4. The highest BCUT2D eigenvalue weighted by molar-refractivity contribution is 6.22. The minimum Gasteiger partial charge on any atom is -0.309 e. The number of Topliss-reactive ketones (excluding diaryl/α,β-unsaturated/α-hetero) is 1. The summed E-state index contributed by atoms with van der Waals surface area (Å²) in [7, 11) is 0. The molecule has 0 saturated carbocycles. The predicted octanol–water partition coefficient (Wildman–Crippen LogP) is 6.97. The highest BCUT2D eigenvalue weighted by Gasteiger charge is 2.63. The van der Waals surface area contributed by atoms with Gasteiger partial charge in [-0.3, -0.25) is 14.5 Å². The van der Waals surface area contributed by atoms with Crippen LogP contribution in [-0.4, -0.2) is 16.3 Å². The molecule has 1 spiro atoms. The molecule has 3 aromatic carbocycles. The molecule has 0 radical (unpaired) electrons. The normalized spacial score (nSPS) is 20.9. The van der Waals surface area contributed by atoms with Gasteiger partial charge in [0.1, 0.15) is 23.1 Å². The number of nitriles is 1. The molecule has 0 N–H and O–H groups in total. The number of rotatable bonds is 4. The number of anilines is 2. The number of carbonyl (C=O) groups is 2. The third-order valence-corrected chi connectivity index (χ3v) is 8.70. The van der Waals surface area contributed by atoms with Crippen molar-refractivity contribution in [2.24, 2.45) is 5.41 Å². The lowest BCUT2D eigenvalue weighted by Crippen LogP contribution is -2.52. The van der Waals surface area contributed by atoms with Gasteiger partial charge in [-0.2, -0.15) is 5.26 Å². The third kappa shape index (κ3) is 3.90. The molecule has 0 bridgehead atoms. The Morgan fingerprint density at radius 3 is 2.23 bits per heavy atom. The Bertz CT molecular complexity index is 1880. The van der Waals surface area contributed by atoms with Crippen molar-refractivity contribution in [3.63, 3.8) is 0 Å². The summed E-state index contributed by atoms with van der Waals surface area (Å²) in [5.74, 6) is -0.335. The second-order valence-corrected chi connectivity index (χ2v) is 12.1. The van der Waals surface area contributed by atoms with Gasteiger partial charge in [-0.25, -0.2) is 4.39 Å². The van der Waals surface area contributed by atoms with Crippen molar-refractivity contribution in [3.05, 3.63) is 137 Å². The summed E-state index contributed by atoms with van der Waals surface area (Å²) in [4.78, 5) is 33.2. The number of amides is 1. The number of carbonyl (C=O) groups excluding carboxylic acids is 2. The van der Waals surface area contributed by atoms with Crippen LogP contribution in [0.4, 0.5) is 15.8 Å². The zero-order valence-electron chi connectivity index (χ0n) is 23.9. The second kappa shape index (κ2) is 9.67. The molecule has 1 aromatic heterocycles. The first-order chi connectivity index (χ1) is 20.8. The monoisotopic (exact) mass is 568 g/mol. The Balaban J connectivity index is 1.58. The highest BCUT2D eigenvalue weighted by atomic mass is 19.1. The average Bonchev–Trinajstić information content (AvgIpc) is 3.61. The summed E-state index contributed by atoms with van der Waals surface area (Å²) in [6, 6.07) is 29.4. The van der Waals surface area contributed by atoms with Crippen LogP contribution in [0.2, 0.25) is 0 Å². The molecule has 7 heteroatoms. The lowest BCUT2D eigenvalue weighted by Gasteiger charge is -2.48. The Kier molecular flexibility index (Phi) is 6.00. The van der Waals surface area contributed by atoms with Crippen molar-refractivity contribution in [1.29, 1.82) is 5.26 Å². The predicted molar refractivity (Wildman–Crippen MR) is 163 cm³/mol. The van der Waals surface area contributed by atoms with Gasteiger partial charge >= 0.3 is 0 Å². The van der Waals surface area contributed by atoms with Gasteiger partial charge in [-0.1, -0.05) is 62.4 Å². The maximum absolute atomic E-state index is 15.2. The van der Waals surface area contributed by atoms with E-state index in [9.17, 15) is 14.4 Å². The van der Waals surface area contributed by atoms with E-state index >= 15 is 4.79 Å². The Morgan fingerprint density at radius 1 is 0.860 bits per heavy atom. The van der Waals surface area contributed by atoms with Crippen LogP contribution >= 0.6 is 0 Å². The van der Waals surface area contributed by atoms with E-state index in [1.165, 1.54) is 12.1 Å². The minimum atomic E-state index is -1.64. The first kappa shape index (κ1) is 26.7. The number of fused-ring (bicyclic) bond motifs is 3. The van der Waals surface area contributed by atoms with Crippen molar-refractivity contribution in [3.8, 4) is 6.07 Å². The van der Waals surface area contributed by atoms with Crippen LogP contribution < -0.4 is 9.80 Å². The minimum absolute atomic E-state index is 0.140. The number of hydrogen-bond donors (Lipinski definition) is 0. The number of halogens is 1. The molecule has 1 unspecified atom stereocenters. The van der Waals surface area contributed by atoms with Crippen molar-refractivity contribution < 1.29 is 14.0 Å². The SMILES string of the molecule is CC1(C)CC(=O)C2=C(C1)N(c1ccccc1)C(n1cccc1)=C(C#N)C21C(=O)N(Cc2ccc(F)cc2)c2ccccc21. The van der Waals surface area contributed by atoms with Gasteiger partial charge in [-0.05, 0) is 59.9 Å². The highest BCUT2D eigenvalue weighted by Crippen LogP contribution is 2.59. The molecule has 1 atom stereocenters. The topological polar surface area (TPSA) is 69.3 Å². The molecule has 2 aliphatic heterocycles. The van der Waals surface area contributed by atoms with Crippen molar-refractivity contribution in [1.82, 2.24) is 4.57 Å². The van der Waals surface area contributed by atoms with Gasteiger partial charge in [0.2, 0.25) is 5.91 Å². The van der Waals surface area contributed by atoms with Crippen LogP contribution in [0.25, 0.3) is 5.82 Å². The van der Waals surface area contributed by atoms with Gasteiger partial charge in [0.15, 0.2) is 5.78 Å². The van der Waals surface area contributed by atoms with Crippen LogP contribution in [0.1, 0.15) is 37.8 Å². The Labute approximate surface area is 249 Å². The smallest absolute Gasteiger partial charge is 0.248 e. The summed E-state index contributed by atoms with van der Waals surface area (Å²) < 4.78 is 15.6. The zero-order valence-corrected chi connectivity index (χ0v) is 23.9. The molecular weight excluding hydrogens is 539 g/mol. The molecule has 6 nitrogen and oxygen atoms in total. The third-order valence-electron chi connectivity index (χ3n) is 8.70. The molecule has 7 rings (SSSR count). The Morgan fingerprint density at radius 2 is 1.53 bits per heavy atom. The van der Waals surface area contributed by atoms with Crippen molar-refractivity contribution in [2.75, 3.05) is 9.80 Å². The molecule has 1 aliphatic carbocycles. The van der Waals surface area contributed by atoms with E-state index in [4.69, 9.17) is 0 Å². The standard InChI is InChI=1S/C36H29FN4O2/c1-35(2)20-30-32(31(42)21-35)36(28(22-38)33(39-18-8-9-19-39)41(30)26-10-4-3-5-11-26)27-12-6-7-13-29(27)40(34(36)43)23-24-14-16-25(37)17-15-24/h3-19H,20-21,23H2,1-2H3. The number of hydrogen-bond acceptors (Lipinski definition) is 4. The molecule has 1 amide bonds. The maximum atomic E-state index is 15.2. The molecule has 3 heterocycles. The largest absolute Gasteiger partial charge is 0.309 e. The van der Waals surface area contributed by atoms with Crippen LogP contribution in [0.3, 0.4) is 0 Å². The van der Waals surface area contributed by atoms with E-state index < -0.39 is 5.41 Å². The first-order valence-electron chi connectivity index (χ1n) is 14.3. The second-order valence-electron chi connectivity index (χ2n) is 12.1. The maximum Gasteiger partial charge on any atom is 0.248 e. The molecule has 4 aromatic rings. The van der Waals surface area contributed by atoms with Crippen LogP contribution in [0.15, 0.2) is 120 Å². The van der Waals surface area contributed by atoms with E-state index in [1.807, 2.05) is 88.6 Å². The molecule has 0 fully saturated rings. The van der Waals surface area contributed by atoms with Gasteiger partial charge in [-0.15, -0.1) is 0 Å². The van der Waals surface area contributed by atoms with E-state index in [0.717, 1.165) is 16.9 Å². The Hall–Kier alpha value is -5.22. The number of aromatic nitrogens is 1. The van der Waals surface area contributed by atoms with Crippen LogP contribution in [0, 0.1) is 22.6 Å². The quantitative estimate of drug-likeness (QED) is 0.267. The zero-order chi connectivity index (χ0) is 29.9. The fraction of sp³-hybridized carbons (Fsp3) is 0.194. The van der Waals surface area contributed by atoms with Gasteiger partial charge in [0.05, 0.1) is 12.1 Å². The lowest BCUT2D eigenvalue weighted by atomic mass is 9.60. The fourth-order valence-corrected chi connectivity index (χ4v) is 7.01. The number of benzene rings is 3. The molecule has 3 aliphatic rings. The van der Waals surface area contributed by atoms with Gasteiger partial charge in [0.25, 0.3) is 0 Å². The van der Waals surface area contributed by atoms with E-state index in [2.05, 4.69) is 19.9 Å². The summed E-state index contributed by atoms with van der Waals surface area (Å²) in [5.41, 5.74) is 2.05. The number of allylic oxidation sites excluding steroid dienone is 1. The van der Waals surface area contributed by atoms with Crippen LogP contribution in [-0.2, 0) is 21.5 Å². The van der Waals surface area contributed by atoms with E-state index in [-0.39, 0.29) is 41.5 Å². The van der Waals surface area contributed by atoms with Gasteiger partial charge in [0, 0.05) is 47.0 Å². The molecular formula is C36H29FN4O2. The van der Waals surface area contributed by atoms with Crippen molar-refractivity contribution >= 4 is 28.9 Å². The molecule has 212 valence electrons. The average molecular weight is 569 g/mol. The number of ketones is 1. The number of para-hydroxylation sites is 2. The van der Waals surface area contributed by atoms with E-state index in [1.54, 1.807) is 17.0 Å². The lowest BCUT2D eigenvalue weighted by molar-refractivity contribution is -0.125. The van der Waals surface area contributed by atoms with E-state index in [0.29, 0.717) is 29.1 Å². The fourth-order valence-electron chi connectivity index (χ4n) is 7.01. The van der Waals surface area contributed by atoms with Gasteiger partial charge < -0.3 is 9.47 Å². The first-order valence-corrected chi connectivity index (χ1v) is 14.3. The summed E-state index contributed by atoms with van der Waals surface area (Å²) in [6.45, 7) is 4.30. The van der Waals surface area contributed by atoms with Crippen LogP contribution in [0.5, 0.6) is 0 Å². The summed E-state index contributed by atoms with van der Waals surface area (Å²) in [5, 5.41) is 11.1. The summed E-state index contributed by atoms with van der Waals surface area (Å²) in [6.07, 6.45) is 4.50. The molecule has 0 saturated heterocycles. The van der Waals surface area contributed by atoms with Crippen molar-refractivity contribution in [2.45, 2.75) is 38.6 Å².